The number of hydrogen-bond acceptors (Lipinski definition) is 6. The number of thioether (sulfide) groups is 1. The molecule has 22 heavy (non-hydrogen) atoms. The van der Waals surface area contributed by atoms with Crippen molar-refractivity contribution >= 4 is 46.5 Å². The summed E-state index contributed by atoms with van der Waals surface area (Å²) < 4.78 is 5.16. The van der Waals surface area contributed by atoms with Crippen molar-refractivity contribution in [2.45, 2.75) is 13.0 Å². The summed E-state index contributed by atoms with van der Waals surface area (Å²) in [5.74, 6) is 0.718. The van der Waals surface area contributed by atoms with Crippen molar-refractivity contribution in [1.82, 2.24) is 9.88 Å². The van der Waals surface area contributed by atoms with Gasteiger partial charge in [-0.15, -0.1) is 0 Å². The molecule has 0 aliphatic carbocycles. The monoisotopic (exact) mass is 342 g/mol. The van der Waals surface area contributed by atoms with Gasteiger partial charge in [0.05, 0.1) is 11.9 Å². The number of nitrogens with one attached hydrogen (secondary N) is 1. The number of nitrogens with zero attached hydrogens (tertiary/aromatic N) is 3. The van der Waals surface area contributed by atoms with E-state index < -0.39 is 12.1 Å². The van der Waals surface area contributed by atoms with E-state index in [0.29, 0.717) is 18.8 Å². The van der Waals surface area contributed by atoms with Gasteiger partial charge < -0.3 is 4.74 Å². The van der Waals surface area contributed by atoms with Crippen molar-refractivity contribution in [3.63, 3.8) is 0 Å². The van der Waals surface area contributed by atoms with E-state index in [2.05, 4.69) is 9.98 Å². The lowest BCUT2D eigenvalue weighted by atomic mass is 10.3. The highest BCUT2D eigenvalue weighted by Gasteiger charge is 2.25. The summed E-state index contributed by atoms with van der Waals surface area (Å²) in [6.45, 7) is 2.47. The van der Waals surface area contributed by atoms with Gasteiger partial charge >= 0.3 is 6.09 Å². The number of ether oxygens (including phenoxy) is 1. The molecule has 1 heterocycles. The third-order valence-corrected chi connectivity index (χ3v) is 3.49. The van der Waals surface area contributed by atoms with E-state index in [-0.39, 0.29) is 5.17 Å². The van der Waals surface area contributed by atoms with Crippen LogP contribution in [0.1, 0.15) is 6.92 Å². The van der Waals surface area contributed by atoms with Crippen LogP contribution in [0.4, 0.5) is 10.5 Å². The summed E-state index contributed by atoms with van der Waals surface area (Å²) >= 11 is 7.40. The van der Waals surface area contributed by atoms with Gasteiger partial charge in [0.1, 0.15) is 17.8 Å². The van der Waals surface area contributed by atoms with Crippen LogP contribution in [-0.4, -0.2) is 58.6 Å². The van der Waals surface area contributed by atoms with Gasteiger partial charge in [0, 0.05) is 24.7 Å². The molecule has 120 valence electrons. The van der Waals surface area contributed by atoms with Crippen molar-refractivity contribution in [3.05, 3.63) is 24.5 Å². The lowest BCUT2D eigenvalue weighted by Crippen LogP contribution is -2.44. The van der Waals surface area contributed by atoms with Crippen LogP contribution in [0.25, 0.3) is 0 Å². The minimum absolute atomic E-state index is 0.198. The molecule has 1 rings (SSSR count). The Bertz CT molecular complexity index is 513. The maximum Gasteiger partial charge on any atom is 0.410 e. The Hall–Kier alpha value is -1.60. The normalized spacial score (nSPS) is 12.1. The first-order valence-electron chi connectivity index (χ1n) is 6.70. The quantitative estimate of drug-likeness (QED) is 0.581. The van der Waals surface area contributed by atoms with Crippen molar-refractivity contribution in [3.8, 4) is 0 Å². The Morgan fingerprint density at radius 1 is 1.68 bits per heavy atom. The molecule has 0 fully saturated rings. The van der Waals surface area contributed by atoms with Crippen molar-refractivity contribution in [2.24, 2.45) is 4.99 Å². The molecule has 6 nitrogen and oxygen atoms in total. The number of hydrogen-bond donors (Lipinski definition) is 1. The van der Waals surface area contributed by atoms with E-state index in [4.69, 9.17) is 21.7 Å². The minimum Gasteiger partial charge on any atom is -0.449 e. The van der Waals surface area contributed by atoms with E-state index in [1.165, 1.54) is 11.1 Å². The van der Waals surface area contributed by atoms with Gasteiger partial charge in [0.2, 0.25) is 0 Å². The summed E-state index contributed by atoms with van der Waals surface area (Å²) in [5, 5.41) is 7.46. The number of carbonyl (C=O) groups excluding carboxylic acids is 1. The zero-order valence-electron chi connectivity index (χ0n) is 12.5. The maximum absolute atomic E-state index is 12.1. The first-order chi connectivity index (χ1) is 10.6. The highest BCUT2D eigenvalue weighted by atomic mass is 35.5. The van der Waals surface area contributed by atoms with Gasteiger partial charge in [-0.2, -0.15) is 11.8 Å². The molecule has 1 unspecified atom stereocenters. The molecule has 8 heteroatoms. The molecule has 0 saturated carbocycles. The van der Waals surface area contributed by atoms with Gasteiger partial charge in [-0.1, -0.05) is 11.6 Å². The number of halogens is 1. The molecule has 0 bridgehead atoms. The Morgan fingerprint density at radius 3 is 3.00 bits per heavy atom. The fraction of sp³-hybridized carbons (Fsp3) is 0.429. The van der Waals surface area contributed by atoms with Crippen LogP contribution in [0.3, 0.4) is 0 Å². The van der Waals surface area contributed by atoms with Crippen LogP contribution >= 0.6 is 23.4 Å². The van der Waals surface area contributed by atoms with Gasteiger partial charge in [0.15, 0.2) is 0 Å². The van der Waals surface area contributed by atoms with Crippen LogP contribution in [-0.2, 0) is 4.74 Å². The van der Waals surface area contributed by atoms with E-state index in [1.807, 2.05) is 6.26 Å². The number of rotatable bonds is 8. The highest BCUT2D eigenvalue weighted by Crippen LogP contribution is 2.11. The molecule has 0 radical (unpaired) electrons. The standard InChI is InChI=1S/C14H19ClN4O2S/c1-3-19(14(20)21-7-8-22-2)12(13(15)16)10-18-11-5-4-6-17-9-11/h4-6,9-10,12,16H,3,7-8H2,1-2H3. The number of aliphatic imine (C=N–C) groups is 1. The molecule has 1 N–H and O–H groups in total. The topological polar surface area (TPSA) is 78.6 Å². The Labute approximate surface area is 139 Å². The highest BCUT2D eigenvalue weighted by molar-refractivity contribution is 7.98. The molecule has 1 aromatic heterocycles. The second-order valence-corrected chi connectivity index (χ2v) is 5.57. The predicted molar refractivity (Wildman–Crippen MR) is 91.9 cm³/mol. The first-order valence-corrected chi connectivity index (χ1v) is 8.47. The molecule has 1 aromatic rings. The summed E-state index contributed by atoms with van der Waals surface area (Å²) in [7, 11) is 0. The molecule has 0 aliphatic rings. The van der Waals surface area contributed by atoms with Crippen LogP contribution in [0.5, 0.6) is 0 Å². The summed E-state index contributed by atoms with van der Waals surface area (Å²) in [6, 6.07) is 2.77. The molecule has 1 atom stereocenters. The van der Waals surface area contributed by atoms with Crippen LogP contribution in [0, 0.1) is 5.41 Å². The van der Waals surface area contributed by atoms with Crippen LogP contribution in [0.15, 0.2) is 29.5 Å². The molecule has 0 saturated heterocycles. The molecule has 0 aliphatic heterocycles. The molecule has 0 spiro atoms. The molecule has 1 amide bonds. The third-order valence-electron chi connectivity index (χ3n) is 2.69. The van der Waals surface area contributed by atoms with Crippen molar-refractivity contribution < 1.29 is 9.53 Å². The van der Waals surface area contributed by atoms with Gasteiger partial charge in [0.25, 0.3) is 0 Å². The number of amides is 1. The Morgan fingerprint density at radius 2 is 2.45 bits per heavy atom. The Kier molecular flexibility index (Phi) is 8.54. The third kappa shape index (κ3) is 6.03. The number of aromatic nitrogens is 1. The lowest BCUT2D eigenvalue weighted by Gasteiger charge is -2.25. The summed E-state index contributed by atoms with van der Waals surface area (Å²) in [4.78, 5) is 21.6. The van der Waals surface area contributed by atoms with Crippen molar-refractivity contribution in [1.29, 1.82) is 5.41 Å². The second-order valence-electron chi connectivity index (χ2n) is 4.18. The first kappa shape index (κ1) is 18.4. The smallest absolute Gasteiger partial charge is 0.410 e. The van der Waals surface area contributed by atoms with E-state index in [0.717, 1.165) is 5.75 Å². The average Bonchev–Trinajstić information content (AvgIpc) is 2.52. The van der Waals surface area contributed by atoms with Gasteiger partial charge in [-0.05, 0) is 25.3 Å². The summed E-state index contributed by atoms with van der Waals surface area (Å²) in [6.07, 6.45) is 6.10. The SMILES string of the molecule is CCN(C(=O)OCCSC)C(C=Nc1cccnc1)C(=N)Cl. The fourth-order valence-electron chi connectivity index (χ4n) is 1.60. The number of pyridine rings is 1. The molecule has 0 aromatic carbocycles. The van der Waals surface area contributed by atoms with Crippen molar-refractivity contribution in [2.75, 3.05) is 25.2 Å². The fourth-order valence-corrected chi connectivity index (χ4v) is 2.03. The second kappa shape index (κ2) is 10.2. The van der Waals surface area contributed by atoms with Gasteiger partial charge in [-0.25, -0.2) is 4.79 Å². The summed E-state index contributed by atoms with van der Waals surface area (Å²) in [5.41, 5.74) is 0.622. The predicted octanol–water partition coefficient (Wildman–Crippen LogP) is 3.19. The molecular formula is C14H19ClN4O2S. The maximum atomic E-state index is 12.1. The van der Waals surface area contributed by atoms with Crippen LogP contribution < -0.4 is 0 Å². The Balaban J connectivity index is 2.80. The molecular weight excluding hydrogens is 324 g/mol. The van der Waals surface area contributed by atoms with E-state index in [1.54, 1.807) is 43.2 Å². The lowest BCUT2D eigenvalue weighted by molar-refractivity contribution is 0.111. The zero-order chi connectivity index (χ0) is 16.4. The number of carbonyl (C=O) groups is 1. The van der Waals surface area contributed by atoms with Crippen LogP contribution in [0.2, 0.25) is 0 Å². The van der Waals surface area contributed by atoms with E-state index >= 15 is 0 Å². The van der Waals surface area contributed by atoms with E-state index in [9.17, 15) is 4.79 Å². The average molecular weight is 343 g/mol. The minimum atomic E-state index is -0.756. The zero-order valence-corrected chi connectivity index (χ0v) is 14.1. The largest absolute Gasteiger partial charge is 0.449 e. The van der Waals surface area contributed by atoms with Gasteiger partial charge in [-0.3, -0.25) is 20.3 Å².